The van der Waals surface area contributed by atoms with E-state index in [1.807, 2.05) is 13.8 Å². The fraction of sp³-hybridized carbons (Fsp3) is 0.632. The Morgan fingerprint density at radius 2 is 1.73 bits per heavy atom. The van der Waals surface area contributed by atoms with Gasteiger partial charge in [0.1, 0.15) is 0 Å². The highest BCUT2D eigenvalue weighted by molar-refractivity contribution is 7.89. The first-order valence-electron chi connectivity index (χ1n) is 9.38. The number of amides is 1. The number of sulfonamides is 1. The van der Waals surface area contributed by atoms with Crippen LogP contribution in [0, 0.1) is 0 Å². The van der Waals surface area contributed by atoms with Crippen LogP contribution in [0.5, 0.6) is 0 Å². The van der Waals surface area contributed by atoms with E-state index in [2.05, 4.69) is 12.2 Å². The highest BCUT2D eigenvalue weighted by Crippen LogP contribution is 2.21. The first-order valence-corrected chi connectivity index (χ1v) is 10.8. The summed E-state index contributed by atoms with van der Waals surface area (Å²) in [4.78, 5) is 12.3. The molecule has 1 fully saturated rings. The molecule has 1 aromatic carbocycles. The van der Waals surface area contributed by atoms with Gasteiger partial charge in [0.05, 0.1) is 17.1 Å². The van der Waals surface area contributed by atoms with Gasteiger partial charge in [0.15, 0.2) is 0 Å². The Hall–Kier alpha value is -1.44. The largest absolute Gasteiger partial charge is 0.373 e. The van der Waals surface area contributed by atoms with E-state index in [0.717, 1.165) is 19.3 Å². The summed E-state index contributed by atoms with van der Waals surface area (Å²) >= 11 is 0. The van der Waals surface area contributed by atoms with Gasteiger partial charge in [0.25, 0.3) is 5.91 Å². The number of nitrogens with zero attached hydrogens (tertiary/aromatic N) is 1. The van der Waals surface area contributed by atoms with Crippen LogP contribution in [-0.2, 0) is 14.8 Å². The number of benzene rings is 1. The fourth-order valence-corrected chi connectivity index (χ4v) is 4.70. The number of ether oxygens (including phenoxy) is 1. The molecular formula is C19H30N2O4S. The molecule has 0 saturated carbocycles. The molecule has 0 bridgehead atoms. The van der Waals surface area contributed by atoms with Crippen molar-refractivity contribution in [3.63, 3.8) is 0 Å². The number of unbranched alkanes of at least 4 members (excludes halogenated alkanes) is 3. The van der Waals surface area contributed by atoms with Gasteiger partial charge in [-0.1, -0.05) is 26.2 Å². The topological polar surface area (TPSA) is 75.7 Å². The van der Waals surface area contributed by atoms with Crippen molar-refractivity contribution < 1.29 is 17.9 Å². The minimum atomic E-state index is -3.58. The summed E-state index contributed by atoms with van der Waals surface area (Å²) in [7, 11) is -3.58. The molecule has 146 valence electrons. The van der Waals surface area contributed by atoms with Crippen molar-refractivity contribution in [3.05, 3.63) is 29.8 Å². The maximum absolute atomic E-state index is 12.8. The van der Waals surface area contributed by atoms with Gasteiger partial charge in [-0.2, -0.15) is 4.31 Å². The van der Waals surface area contributed by atoms with Crippen LogP contribution in [0.15, 0.2) is 29.2 Å². The molecule has 6 nitrogen and oxygen atoms in total. The minimum Gasteiger partial charge on any atom is -0.373 e. The monoisotopic (exact) mass is 382 g/mol. The third-order valence-corrected chi connectivity index (χ3v) is 6.30. The molecule has 1 aliphatic rings. The van der Waals surface area contributed by atoms with Crippen molar-refractivity contribution in [2.45, 2.75) is 63.6 Å². The van der Waals surface area contributed by atoms with Crippen molar-refractivity contribution in [3.8, 4) is 0 Å². The molecule has 0 aromatic heterocycles. The first kappa shape index (κ1) is 20.9. The molecule has 1 aromatic rings. The van der Waals surface area contributed by atoms with Crippen molar-refractivity contribution in [2.75, 3.05) is 19.6 Å². The number of nitrogens with one attached hydrogen (secondary N) is 1. The van der Waals surface area contributed by atoms with Crippen molar-refractivity contribution >= 4 is 15.9 Å². The van der Waals surface area contributed by atoms with Crippen molar-refractivity contribution in [1.29, 1.82) is 0 Å². The molecule has 0 aliphatic carbocycles. The van der Waals surface area contributed by atoms with E-state index in [1.54, 1.807) is 12.1 Å². The zero-order chi connectivity index (χ0) is 19.2. The Bertz CT molecular complexity index is 678. The van der Waals surface area contributed by atoms with Crippen LogP contribution < -0.4 is 5.32 Å². The summed E-state index contributed by atoms with van der Waals surface area (Å²) in [6.45, 7) is 7.20. The zero-order valence-electron chi connectivity index (χ0n) is 15.9. The lowest BCUT2D eigenvalue weighted by Gasteiger charge is -2.34. The lowest BCUT2D eigenvalue weighted by Crippen LogP contribution is -2.48. The molecule has 2 unspecified atom stereocenters. The van der Waals surface area contributed by atoms with E-state index in [1.165, 1.54) is 22.9 Å². The van der Waals surface area contributed by atoms with Crippen LogP contribution >= 0.6 is 0 Å². The SMILES string of the molecule is CCCCCCNC(=O)c1ccc(S(=O)(=O)N2CC(C)OC(C)C2)cc1. The van der Waals surface area contributed by atoms with Gasteiger partial charge in [0.2, 0.25) is 10.0 Å². The molecule has 1 amide bonds. The van der Waals surface area contributed by atoms with Crippen molar-refractivity contribution in [1.82, 2.24) is 9.62 Å². The van der Waals surface area contributed by atoms with Crippen LogP contribution in [0.3, 0.4) is 0 Å². The molecule has 1 heterocycles. The molecule has 2 atom stereocenters. The second kappa shape index (κ2) is 9.48. The van der Waals surface area contributed by atoms with Crippen molar-refractivity contribution in [2.24, 2.45) is 0 Å². The highest BCUT2D eigenvalue weighted by atomic mass is 32.2. The van der Waals surface area contributed by atoms with Crippen LogP contribution in [0.4, 0.5) is 0 Å². The molecular weight excluding hydrogens is 352 g/mol. The highest BCUT2D eigenvalue weighted by Gasteiger charge is 2.32. The number of hydrogen-bond donors (Lipinski definition) is 1. The Kier molecular flexibility index (Phi) is 7.61. The van der Waals surface area contributed by atoms with Gasteiger partial charge in [0, 0.05) is 25.2 Å². The lowest BCUT2D eigenvalue weighted by molar-refractivity contribution is -0.0440. The fourth-order valence-electron chi connectivity index (χ4n) is 3.11. The second-order valence-corrected chi connectivity index (χ2v) is 8.86. The van der Waals surface area contributed by atoms with Gasteiger partial charge in [-0.05, 0) is 44.5 Å². The van der Waals surface area contributed by atoms with E-state index >= 15 is 0 Å². The number of hydrogen-bond acceptors (Lipinski definition) is 4. The number of carbonyl (C=O) groups is 1. The van der Waals surface area contributed by atoms with E-state index < -0.39 is 10.0 Å². The molecule has 26 heavy (non-hydrogen) atoms. The minimum absolute atomic E-state index is 0.133. The second-order valence-electron chi connectivity index (χ2n) is 6.92. The van der Waals surface area contributed by atoms with E-state index in [-0.39, 0.29) is 23.0 Å². The van der Waals surface area contributed by atoms with Crippen LogP contribution in [0.25, 0.3) is 0 Å². The quantitative estimate of drug-likeness (QED) is 0.702. The van der Waals surface area contributed by atoms with Crippen LogP contribution in [-0.4, -0.2) is 50.5 Å². The number of carbonyl (C=O) groups excluding carboxylic acids is 1. The molecule has 2 rings (SSSR count). The standard InChI is InChI=1S/C19H30N2O4S/c1-4-5-6-7-12-20-19(22)17-8-10-18(11-9-17)26(23,24)21-13-15(2)25-16(3)14-21/h8-11,15-16H,4-7,12-14H2,1-3H3,(H,20,22). The summed E-state index contributed by atoms with van der Waals surface area (Å²) in [5, 5.41) is 2.88. The van der Waals surface area contributed by atoms with E-state index in [9.17, 15) is 13.2 Å². The third kappa shape index (κ3) is 5.53. The smallest absolute Gasteiger partial charge is 0.251 e. The molecule has 0 spiro atoms. The summed E-state index contributed by atoms with van der Waals surface area (Å²) in [5.41, 5.74) is 0.475. The van der Waals surface area contributed by atoms with Gasteiger partial charge in [-0.3, -0.25) is 4.79 Å². The molecule has 0 radical (unpaired) electrons. The Balaban J connectivity index is 1.98. The van der Waals surface area contributed by atoms with Gasteiger partial charge in [-0.25, -0.2) is 8.42 Å². The molecule has 1 N–H and O–H groups in total. The maximum Gasteiger partial charge on any atom is 0.251 e. The predicted molar refractivity (Wildman–Crippen MR) is 102 cm³/mol. The number of morpholine rings is 1. The van der Waals surface area contributed by atoms with Gasteiger partial charge >= 0.3 is 0 Å². The lowest BCUT2D eigenvalue weighted by atomic mass is 10.2. The first-order chi connectivity index (χ1) is 12.3. The summed E-state index contributed by atoms with van der Waals surface area (Å²) in [6, 6.07) is 6.15. The molecule has 7 heteroatoms. The number of rotatable bonds is 8. The van der Waals surface area contributed by atoms with E-state index in [0.29, 0.717) is 25.2 Å². The van der Waals surface area contributed by atoms with Crippen LogP contribution in [0.1, 0.15) is 56.8 Å². The van der Waals surface area contributed by atoms with E-state index in [4.69, 9.17) is 4.74 Å². The van der Waals surface area contributed by atoms with Gasteiger partial charge in [-0.15, -0.1) is 0 Å². The summed E-state index contributed by atoms with van der Waals surface area (Å²) in [6.07, 6.45) is 4.12. The summed E-state index contributed by atoms with van der Waals surface area (Å²) < 4.78 is 32.7. The Morgan fingerprint density at radius 3 is 2.31 bits per heavy atom. The molecule has 1 saturated heterocycles. The average Bonchev–Trinajstić information content (AvgIpc) is 2.60. The third-order valence-electron chi connectivity index (χ3n) is 4.46. The Labute approximate surface area is 157 Å². The normalized spacial score (nSPS) is 21.5. The average molecular weight is 383 g/mol. The molecule has 1 aliphatic heterocycles. The maximum atomic E-state index is 12.8. The summed E-state index contributed by atoms with van der Waals surface area (Å²) in [5.74, 6) is -0.168. The van der Waals surface area contributed by atoms with Crippen LogP contribution in [0.2, 0.25) is 0 Å². The zero-order valence-corrected chi connectivity index (χ0v) is 16.7. The van der Waals surface area contributed by atoms with Gasteiger partial charge < -0.3 is 10.1 Å². The Morgan fingerprint density at radius 1 is 1.12 bits per heavy atom. The predicted octanol–water partition coefficient (Wildman–Crippen LogP) is 2.79.